The molecule has 5 aliphatic rings. The van der Waals surface area contributed by atoms with E-state index < -0.39 is 5.79 Å². The number of Topliss-reactive ketones (excluding diaryl/α,β-unsaturated/α-hetero) is 1. The number of hydrogen-bond donors (Lipinski definition) is 0. The number of ether oxygens (including phenoxy) is 3. The smallest absolute Gasteiger partial charge is 0.172 e. The molecule has 0 amide bonds. The first-order valence-electron chi connectivity index (χ1n) is 11.9. The molecule has 0 aromatic rings. The monoisotopic (exact) mass is 402 g/mol. The molecule has 4 heteroatoms. The topological polar surface area (TPSA) is 44.8 Å². The predicted octanol–water partition coefficient (Wildman–Crippen LogP) is 4.91. The summed E-state index contributed by atoms with van der Waals surface area (Å²) in [6, 6.07) is 0. The molecule has 0 bridgehead atoms. The lowest BCUT2D eigenvalue weighted by molar-refractivity contribution is -0.284. The number of rotatable bonds is 3. The fourth-order valence-electron chi connectivity index (χ4n) is 7.82. The first-order valence-corrected chi connectivity index (χ1v) is 11.9. The molecule has 1 heterocycles. The van der Waals surface area contributed by atoms with Crippen molar-refractivity contribution in [2.75, 3.05) is 20.3 Å². The highest BCUT2D eigenvalue weighted by molar-refractivity contribution is 5.87. The minimum atomic E-state index is -0.450. The molecule has 4 fully saturated rings. The van der Waals surface area contributed by atoms with E-state index in [2.05, 4.69) is 26.0 Å². The average Bonchev–Trinajstić information content (AvgIpc) is 3.04. The minimum absolute atomic E-state index is 0.0527. The summed E-state index contributed by atoms with van der Waals surface area (Å²) in [4.78, 5) is 12.6. The van der Waals surface area contributed by atoms with Crippen LogP contribution in [0.1, 0.15) is 71.6 Å². The fraction of sp³-hybridized carbons (Fsp3) is 0.880. The van der Waals surface area contributed by atoms with Crippen molar-refractivity contribution in [2.24, 2.45) is 34.5 Å². The molecule has 4 aliphatic carbocycles. The second-order valence-electron chi connectivity index (χ2n) is 10.9. The molecule has 0 unspecified atom stereocenters. The Kier molecular flexibility index (Phi) is 5.00. The third-order valence-corrected chi connectivity index (χ3v) is 9.83. The molecule has 162 valence electrons. The van der Waals surface area contributed by atoms with Gasteiger partial charge in [0.05, 0.1) is 19.3 Å². The maximum absolute atomic E-state index is 12.6. The molecular formula is C25H38O4. The molecule has 29 heavy (non-hydrogen) atoms. The highest BCUT2D eigenvalue weighted by Gasteiger charge is 2.59. The summed E-state index contributed by atoms with van der Waals surface area (Å²) in [7, 11) is 1.78. The van der Waals surface area contributed by atoms with Crippen LogP contribution in [0.15, 0.2) is 12.2 Å². The minimum Gasteiger partial charge on any atom is -0.381 e. The van der Waals surface area contributed by atoms with Crippen molar-refractivity contribution in [3.8, 4) is 0 Å². The lowest BCUT2D eigenvalue weighted by atomic mass is 9.47. The molecule has 0 aromatic heterocycles. The van der Waals surface area contributed by atoms with Crippen LogP contribution in [-0.4, -0.2) is 38.0 Å². The van der Waals surface area contributed by atoms with Gasteiger partial charge in [-0.05, 0) is 67.6 Å². The number of carbonyl (C=O) groups is 1. The van der Waals surface area contributed by atoms with Crippen LogP contribution in [0.4, 0.5) is 0 Å². The number of ketones is 1. The quantitative estimate of drug-likeness (QED) is 0.497. The summed E-state index contributed by atoms with van der Waals surface area (Å²) in [6.45, 7) is 6.25. The van der Waals surface area contributed by atoms with Crippen molar-refractivity contribution in [3.63, 3.8) is 0 Å². The molecule has 0 spiro atoms. The van der Waals surface area contributed by atoms with E-state index >= 15 is 0 Å². The first-order chi connectivity index (χ1) is 13.9. The molecule has 0 N–H and O–H groups in total. The number of fused-ring (bicyclic) bond motifs is 5. The van der Waals surface area contributed by atoms with Crippen molar-refractivity contribution >= 4 is 5.78 Å². The van der Waals surface area contributed by atoms with Crippen molar-refractivity contribution < 1.29 is 19.0 Å². The Hall–Kier alpha value is -0.710. The SMILES string of the molecule is COC1(O[C@H]2CC[C@@]3(C)[C@@H](C=C[C@@H]4[C@@H]3CC[C@]3(C)C(=O)CC[C@@H]43)C2)CCOCC1. The van der Waals surface area contributed by atoms with E-state index in [4.69, 9.17) is 14.2 Å². The lowest BCUT2D eigenvalue weighted by Crippen LogP contribution is -2.53. The van der Waals surface area contributed by atoms with Gasteiger partial charge in [0.15, 0.2) is 5.79 Å². The maximum atomic E-state index is 12.6. The van der Waals surface area contributed by atoms with Crippen LogP contribution in [0, 0.1) is 34.5 Å². The summed E-state index contributed by atoms with van der Waals surface area (Å²) < 4.78 is 18.0. The summed E-state index contributed by atoms with van der Waals surface area (Å²) >= 11 is 0. The van der Waals surface area contributed by atoms with Crippen LogP contribution >= 0.6 is 0 Å². The van der Waals surface area contributed by atoms with Gasteiger partial charge in [-0.25, -0.2) is 0 Å². The molecule has 1 saturated heterocycles. The Bertz CT molecular complexity index is 680. The average molecular weight is 403 g/mol. The maximum Gasteiger partial charge on any atom is 0.172 e. The van der Waals surface area contributed by atoms with Crippen molar-refractivity contribution in [2.45, 2.75) is 83.5 Å². The van der Waals surface area contributed by atoms with E-state index in [0.29, 0.717) is 29.0 Å². The second kappa shape index (κ2) is 7.17. The van der Waals surface area contributed by atoms with E-state index in [1.165, 1.54) is 12.8 Å². The van der Waals surface area contributed by atoms with E-state index in [9.17, 15) is 4.79 Å². The molecular weight excluding hydrogens is 364 g/mol. The van der Waals surface area contributed by atoms with E-state index in [-0.39, 0.29) is 11.5 Å². The fourth-order valence-corrected chi connectivity index (χ4v) is 7.82. The van der Waals surface area contributed by atoms with Crippen molar-refractivity contribution in [3.05, 3.63) is 12.2 Å². The van der Waals surface area contributed by atoms with E-state index in [1.807, 2.05) is 0 Å². The second-order valence-corrected chi connectivity index (χ2v) is 10.9. The summed E-state index contributed by atoms with van der Waals surface area (Å²) in [6.07, 6.45) is 14.6. The van der Waals surface area contributed by atoms with Crippen LogP contribution in [0.3, 0.4) is 0 Å². The van der Waals surface area contributed by atoms with Crippen LogP contribution < -0.4 is 0 Å². The third-order valence-electron chi connectivity index (χ3n) is 9.83. The normalized spacial score (nSPS) is 48.7. The molecule has 0 aromatic carbocycles. The van der Waals surface area contributed by atoms with Crippen molar-refractivity contribution in [1.29, 1.82) is 0 Å². The van der Waals surface area contributed by atoms with E-state index in [1.54, 1.807) is 7.11 Å². The van der Waals surface area contributed by atoms with Gasteiger partial charge in [0.1, 0.15) is 5.78 Å². The third kappa shape index (κ3) is 3.08. The van der Waals surface area contributed by atoms with Crippen LogP contribution in [-0.2, 0) is 19.0 Å². The van der Waals surface area contributed by atoms with Gasteiger partial charge >= 0.3 is 0 Å². The predicted molar refractivity (Wildman–Crippen MR) is 111 cm³/mol. The molecule has 5 rings (SSSR count). The molecule has 4 nitrogen and oxygen atoms in total. The van der Waals surface area contributed by atoms with Gasteiger partial charge in [0.2, 0.25) is 0 Å². The molecule has 0 radical (unpaired) electrons. The summed E-state index contributed by atoms with van der Waals surface area (Å²) in [5.41, 5.74) is 0.297. The Morgan fingerprint density at radius 1 is 1.00 bits per heavy atom. The van der Waals surface area contributed by atoms with Gasteiger partial charge in [0.25, 0.3) is 0 Å². The number of hydrogen-bond acceptors (Lipinski definition) is 4. The van der Waals surface area contributed by atoms with Crippen LogP contribution in [0.25, 0.3) is 0 Å². The van der Waals surface area contributed by atoms with Crippen LogP contribution in [0.2, 0.25) is 0 Å². The highest BCUT2D eigenvalue weighted by Crippen LogP contribution is 2.63. The Morgan fingerprint density at radius 3 is 2.55 bits per heavy atom. The van der Waals surface area contributed by atoms with Gasteiger partial charge in [-0.2, -0.15) is 0 Å². The lowest BCUT2D eigenvalue weighted by Gasteiger charge is -2.58. The van der Waals surface area contributed by atoms with Crippen molar-refractivity contribution in [1.82, 2.24) is 0 Å². The zero-order valence-electron chi connectivity index (χ0n) is 18.5. The number of allylic oxidation sites excluding steroid dienone is 2. The largest absolute Gasteiger partial charge is 0.381 e. The van der Waals surface area contributed by atoms with Gasteiger partial charge in [-0.3, -0.25) is 4.79 Å². The van der Waals surface area contributed by atoms with Crippen LogP contribution in [0.5, 0.6) is 0 Å². The Morgan fingerprint density at radius 2 is 1.79 bits per heavy atom. The van der Waals surface area contributed by atoms with E-state index in [0.717, 1.165) is 64.1 Å². The first kappa shape index (κ1) is 20.2. The zero-order valence-corrected chi connectivity index (χ0v) is 18.5. The summed E-state index contributed by atoms with van der Waals surface area (Å²) in [5.74, 6) is 2.55. The number of methoxy groups -OCH3 is 1. The van der Waals surface area contributed by atoms with Gasteiger partial charge in [-0.1, -0.05) is 26.0 Å². The Balaban J connectivity index is 1.33. The van der Waals surface area contributed by atoms with Gasteiger partial charge in [0, 0.05) is 31.8 Å². The zero-order chi connectivity index (χ0) is 20.3. The standard InChI is InChI=1S/C25H38O4/c1-23-10-8-18(29-25(27-3)12-14-28-15-13-25)16-17(23)4-5-19-20-6-7-22(26)24(20,2)11-9-21(19)23/h4-5,17-21H,6-16H2,1-3H3/t17-,18-,19-,20-,21-,23-,24-/m0/s1. The number of carbonyl (C=O) groups excluding carboxylic acids is 1. The summed E-state index contributed by atoms with van der Waals surface area (Å²) in [5, 5.41) is 0. The molecule has 1 aliphatic heterocycles. The highest BCUT2D eigenvalue weighted by atomic mass is 16.7. The van der Waals surface area contributed by atoms with Gasteiger partial charge < -0.3 is 14.2 Å². The molecule has 3 saturated carbocycles. The van der Waals surface area contributed by atoms with Gasteiger partial charge in [-0.15, -0.1) is 0 Å². The Labute approximate surface area is 175 Å². The molecule has 7 atom stereocenters.